The molecule has 1 aliphatic heterocycles. The molecule has 15 heavy (non-hydrogen) atoms. The van der Waals surface area contributed by atoms with Crippen molar-refractivity contribution in [3.63, 3.8) is 0 Å². The highest BCUT2D eigenvalue weighted by Crippen LogP contribution is 2.36. The van der Waals surface area contributed by atoms with Crippen LogP contribution in [-0.4, -0.2) is 28.5 Å². The van der Waals surface area contributed by atoms with Crippen molar-refractivity contribution in [2.75, 3.05) is 6.54 Å². The molecule has 0 bridgehead atoms. The molecular weight excluding hydrogens is 204 g/mol. The monoisotopic (exact) mass is 226 g/mol. The van der Waals surface area contributed by atoms with Crippen LogP contribution in [0.25, 0.3) is 0 Å². The minimum absolute atomic E-state index is 0.299. The smallest absolute Gasteiger partial charge is 0.0899 e. The fraction of sp³-hybridized carbons (Fsp3) is 0.917. The van der Waals surface area contributed by atoms with Gasteiger partial charge in [-0.2, -0.15) is 0 Å². The van der Waals surface area contributed by atoms with E-state index in [1.807, 2.05) is 0 Å². The highest BCUT2D eigenvalue weighted by molar-refractivity contribution is 7.80. The number of nitrogens with two attached hydrogens (primary N) is 1. The summed E-state index contributed by atoms with van der Waals surface area (Å²) in [6, 6.07) is 1.07. The fourth-order valence-electron chi connectivity index (χ4n) is 3.31. The first-order valence-electron chi connectivity index (χ1n) is 6.25. The van der Waals surface area contributed by atoms with Gasteiger partial charge in [0.15, 0.2) is 0 Å². The zero-order chi connectivity index (χ0) is 10.8. The topological polar surface area (TPSA) is 29.3 Å². The largest absolute Gasteiger partial charge is 0.392 e. The lowest BCUT2D eigenvalue weighted by Crippen LogP contribution is -2.46. The SMILES string of the molecule is CC(C(N)=S)N1CCCC1C1CCCC1. The maximum atomic E-state index is 5.77. The lowest BCUT2D eigenvalue weighted by Gasteiger charge is -2.33. The molecule has 0 amide bonds. The van der Waals surface area contributed by atoms with Gasteiger partial charge in [-0.05, 0) is 45.1 Å². The highest BCUT2D eigenvalue weighted by Gasteiger charge is 2.35. The molecule has 0 spiro atoms. The number of rotatable bonds is 3. The molecule has 2 nitrogen and oxygen atoms in total. The average Bonchev–Trinajstić information content (AvgIpc) is 2.86. The van der Waals surface area contributed by atoms with Crippen LogP contribution in [0.1, 0.15) is 45.4 Å². The Bertz CT molecular complexity index is 236. The Hall–Kier alpha value is -0.150. The highest BCUT2D eigenvalue weighted by atomic mass is 32.1. The van der Waals surface area contributed by atoms with Gasteiger partial charge >= 0.3 is 0 Å². The molecule has 0 aromatic heterocycles. The number of thiocarbonyl (C=S) groups is 1. The Balaban J connectivity index is 2.00. The molecule has 1 saturated carbocycles. The summed E-state index contributed by atoms with van der Waals surface area (Å²) in [5.74, 6) is 0.921. The van der Waals surface area contributed by atoms with Gasteiger partial charge in [0.2, 0.25) is 0 Å². The minimum Gasteiger partial charge on any atom is -0.392 e. The van der Waals surface area contributed by atoms with Gasteiger partial charge in [0.1, 0.15) is 0 Å². The predicted molar refractivity (Wildman–Crippen MR) is 67.9 cm³/mol. The van der Waals surface area contributed by atoms with E-state index in [4.69, 9.17) is 18.0 Å². The average molecular weight is 226 g/mol. The standard InChI is InChI=1S/C12H22N2S/c1-9(12(13)15)14-8-4-7-11(14)10-5-2-3-6-10/h9-11H,2-8H2,1H3,(H2,13,15). The third kappa shape index (κ3) is 2.34. The van der Waals surface area contributed by atoms with Gasteiger partial charge in [-0.25, -0.2) is 0 Å². The third-order valence-corrected chi connectivity index (χ3v) is 4.54. The molecule has 86 valence electrons. The summed E-state index contributed by atoms with van der Waals surface area (Å²) in [4.78, 5) is 3.22. The molecule has 2 rings (SSSR count). The summed E-state index contributed by atoms with van der Waals surface area (Å²) in [5.41, 5.74) is 5.77. The first-order chi connectivity index (χ1) is 7.20. The Morgan fingerprint density at radius 3 is 2.53 bits per heavy atom. The zero-order valence-electron chi connectivity index (χ0n) is 9.61. The van der Waals surface area contributed by atoms with E-state index in [1.54, 1.807) is 0 Å². The van der Waals surface area contributed by atoms with Crippen LogP contribution in [0.3, 0.4) is 0 Å². The van der Waals surface area contributed by atoms with Gasteiger partial charge in [-0.3, -0.25) is 4.90 Å². The maximum absolute atomic E-state index is 5.77. The zero-order valence-corrected chi connectivity index (χ0v) is 10.4. The maximum Gasteiger partial charge on any atom is 0.0899 e. The molecule has 2 atom stereocenters. The summed E-state index contributed by atoms with van der Waals surface area (Å²) < 4.78 is 0. The van der Waals surface area contributed by atoms with Crippen LogP contribution in [-0.2, 0) is 0 Å². The molecule has 1 aliphatic carbocycles. The summed E-state index contributed by atoms with van der Waals surface area (Å²) in [6.07, 6.45) is 8.38. The van der Waals surface area contributed by atoms with Crippen molar-refractivity contribution in [1.82, 2.24) is 4.90 Å². The Morgan fingerprint density at radius 1 is 1.27 bits per heavy atom. The lowest BCUT2D eigenvalue weighted by atomic mass is 9.95. The second-order valence-electron chi connectivity index (χ2n) is 5.07. The quantitative estimate of drug-likeness (QED) is 0.749. The molecular formula is C12H22N2S. The van der Waals surface area contributed by atoms with E-state index in [1.165, 1.54) is 45.1 Å². The second-order valence-corrected chi connectivity index (χ2v) is 5.54. The van der Waals surface area contributed by atoms with E-state index in [0.29, 0.717) is 11.0 Å². The van der Waals surface area contributed by atoms with Crippen molar-refractivity contribution in [3.05, 3.63) is 0 Å². The Morgan fingerprint density at radius 2 is 1.93 bits per heavy atom. The summed E-state index contributed by atoms with van der Waals surface area (Å²) in [5, 5.41) is 0. The van der Waals surface area contributed by atoms with Gasteiger partial charge in [-0.15, -0.1) is 0 Å². The minimum atomic E-state index is 0.299. The van der Waals surface area contributed by atoms with Crippen LogP contribution in [0.15, 0.2) is 0 Å². The summed E-state index contributed by atoms with van der Waals surface area (Å²) in [6.45, 7) is 3.36. The van der Waals surface area contributed by atoms with Crippen molar-refractivity contribution in [2.24, 2.45) is 11.7 Å². The van der Waals surface area contributed by atoms with Gasteiger partial charge < -0.3 is 5.73 Å². The van der Waals surface area contributed by atoms with Gasteiger partial charge in [0, 0.05) is 6.04 Å². The predicted octanol–water partition coefficient (Wildman–Crippen LogP) is 2.32. The molecule has 1 heterocycles. The van der Waals surface area contributed by atoms with Crippen LogP contribution < -0.4 is 5.73 Å². The van der Waals surface area contributed by atoms with E-state index in [-0.39, 0.29) is 0 Å². The van der Waals surface area contributed by atoms with E-state index < -0.39 is 0 Å². The van der Waals surface area contributed by atoms with Crippen LogP contribution in [0, 0.1) is 5.92 Å². The molecule has 0 radical (unpaired) electrons. The normalized spacial score (nSPS) is 30.9. The number of hydrogen-bond donors (Lipinski definition) is 1. The van der Waals surface area contributed by atoms with E-state index in [9.17, 15) is 0 Å². The molecule has 3 heteroatoms. The first kappa shape index (κ1) is 11.3. The molecule has 2 aliphatic rings. The number of nitrogens with zero attached hydrogens (tertiary/aromatic N) is 1. The summed E-state index contributed by atoms with van der Waals surface area (Å²) >= 11 is 5.12. The second kappa shape index (κ2) is 4.79. The van der Waals surface area contributed by atoms with E-state index in [0.717, 1.165) is 12.0 Å². The Labute approximate surface area is 98.2 Å². The fourth-order valence-corrected chi connectivity index (χ4v) is 3.44. The molecule has 0 aromatic carbocycles. The van der Waals surface area contributed by atoms with E-state index in [2.05, 4.69) is 11.8 Å². The van der Waals surface area contributed by atoms with Gasteiger partial charge in [0.05, 0.1) is 11.0 Å². The van der Waals surface area contributed by atoms with Crippen molar-refractivity contribution in [1.29, 1.82) is 0 Å². The van der Waals surface area contributed by atoms with Crippen molar-refractivity contribution >= 4 is 17.2 Å². The van der Waals surface area contributed by atoms with Crippen molar-refractivity contribution < 1.29 is 0 Å². The van der Waals surface area contributed by atoms with E-state index >= 15 is 0 Å². The van der Waals surface area contributed by atoms with Crippen molar-refractivity contribution in [3.8, 4) is 0 Å². The van der Waals surface area contributed by atoms with Crippen LogP contribution in [0.4, 0.5) is 0 Å². The molecule has 2 fully saturated rings. The van der Waals surface area contributed by atoms with Gasteiger partial charge in [-0.1, -0.05) is 25.1 Å². The van der Waals surface area contributed by atoms with Crippen LogP contribution >= 0.6 is 12.2 Å². The lowest BCUT2D eigenvalue weighted by molar-refractivity contribution is 0.176. The Kier molecular flexibility index (Phi) is 3.62. The molecule has 2 unspecified atom stereocenters. The third-order valence-electron chi connectivity index (χ3n) is 4.20. The van der Waals surface area contributed by atoms with Crippen LogP contribution in [0.5, 0.6) is 0 Å². The number of likely N-dealkylation sites (tertiary alicyclic amines) is 1. The van der Waals surface area contributed by atoms with Crippen molar-refractivity contribution in [2.45, 2.75) is 57.5 Å². The van der Waals surface area contributed by atoms with Crippen LogP contribution in [0.2, 0.25) is 0 Å². The molecule has 1 saturated heterocycles. The number of hydrogen-bond acceptors (Lipinski definition) is 2. The first-order valence-corrected chi connectivity index (χ1v) is 6.66. The summed E-state index contributed by atoms with van der Waals surface area (Å²) in [7, 11) is 0. The molecule has 2 N–H and O–H groups in total. The molecule has 0 aromatic rings. The van der Waals surface area contributed by atoms with Gasteiger partial charge in [0.25, 0.3) is 0 Å².